The molecule has 3 N–H and O–H groups in total. The number of methoxy groups -OCH3 is 1. The van der Waals surface area contributed by atoms with Crippen LogP contribution in [0.15, 0.2) is 18.2 Å². The topological polar surface area (TPSA) is 88.1 Å². The highest BCUT2D eigenvalue weighted by Crippen LogP contribution is 2.22. The molecule has 1 aromatic carbocycles. The van der Waals surface area contributed by atoms with Crippen LogP contribution in [0.2, 0.25) is 5.02 Å². The summed E-state index contributed by atoms with van der Waals surface area (Å²) in [7, 11) is 1.40. The van der Waals surface area contributed by atoms with E-state index in [-0.39, 0.29) is 12.5 Å². The van der Waals surface area contributed by atoms with Gasteiger partial charge in [-0.2, -0.15) is 5.26 Å². The maximum absolute atomic E-state index is 11.6. The van der Waals surface area contributed by atoms with Crippen LogP contribution in [0, 0.1) is 11.3 Å². The Kier molecular flexibility index (Phi) is 4.91. The van der Waals surface area contributed by atoms with Crippen LogP contribution in [0.3, 0.4) is 0 Å². The van der Waals surface area contributed by atoms with Gasteiger partial charge in [0.15, 0.2) is 0 Å². The van der Waals surface area contributed by atoms with Gasteiger partial charge in [0.2, 0.25) is 0 Å². The Morgan fingerprint density at radius 2 is 2.41 bits per heavy atom. The van der Waals surface area contributed by atoms with E-state index in [9.17, 15) is 4.79 Å². The second-order valence-electron chi connectivity index (χ2n) is 3.26. The Labute approximate surface area is 104 Å². The zero-order valence-corrected chi connectivity index (χ0v) is 9.99. The lowest BCUT2D eigenvalue weighted by atomic mass is 10.2. The maximum Gasteiger partial charge on any atom is 0.254 e. The van der Waals surface area contributed by atoms with E-state index in [1.807, 2.05) is 6.07 Å². The van der Waals surface area contributed by atoms with E-state index in [1.165, 1.54) is 13.2 Å². The van der Waals surface area contributed by atoms with Gasteiger partial charge in [0.05, 0.1) is 22.3 Å². The van der Waals surface area contributed by atoms with Gasteiger partial charge in [-0.15, -0.1) is 0 Å². The Morgan fingerprint density at radius 1 is 1.71 bits per heavy atom. The van der Waals surface area contributed by atoms with Gasteiger partial charge in [-0.1, -0.05) is 11.6 Å². The summed E-state index contributed by atoms with van der Waals surface area (Å²) in [6.45, 7) is 0.0796. The van der Waals surface area contributed by atoms with Crippen LogP contribution in [-0.4, -0.2) is 25.7 Å². The molecule has 1 unspecified atom stereocenters. The summed E-state index contributed by atoms with van der Waals surface area (Å²) >= 11 is 5.91. The number of nitriles is 1. The summed E-state index contributed by atoms with van der Waals surface area (Å²) in [6.07, 6.45) is -0.721. The van der Waals surface area contributed by atoms with Crippen LogP contribution >= 0.6 is 11.6 Å². The predicted octanol–water partition coefficient (Wildman–Crippen LogP) is 1.12. The molecule has 17 heavy (non-hydrogen) atoms. The minimum Gasteiger partial charge on any atom is -0.370 e. The Balaban J connectivity index is 2.82. The smallest absolute Gasteiger partial charge is 0.254 e. The fourth-order valence-electron chi connectivity index (χ4n) is 1.21. The molecule has 0 heterocycles. The molecule has 90 valence electrons. The van der Waals surface area contributed by atoms with E-state index in [4.69, 9.17) is 27.3 Å². The summed E-state index contributed by atoms with van der Waals surface area (Å²) in [5, 5.41) is 11.5. The average Bonchev–Trinajstić information content (AvgIpc) is 2.33. The van der Waals surface area contributed by atoms with Gasteiger partial charge in [-0.3, -0.25) is 4.79 Å². The number of nitrogens with zero attached hydrogens (tertiary/aromatic N) is 1. The molecule has 1 amide bonds. The number of nitrogens with two attached hydrogens (primary N) is 1. The quantitative estimate of drug-likeness (QED) is 0.842. The van der Waals surface area contributed by atoms with E-state index < -0.39 is 6.10 Å². The maximum atomic E-state index is 11.6. The zero-order valence-electron chi connectivity index (χ0n) is 9.24. The summed E-state index contributed by atoms with van der Waals surface area (Å²) < 4.78 is 4.89. The Hall–Kier alpha value is -1.61. The van der Waals surface area contributed by atoms with Crippen LogP contribution in [0.25, 0.3) is 0 Å². The summed E-state index contributed by atoms with van der Waals surface area (Å²) in [5.74, 6) is -0.374. The summed E-state index contributed by atoms with van der Waals surface area (Å²) in [5.41, 5.74) is 6.21. The van der Waals surface area contributed by atoms with Crippen molar-refractivity contribution in [2.75, 3.05) is 19.0 Å². The second-order valence-corrected chi connectivity index (χ2v) is 3.66. The minimum atomic E-state index is -0.721. The van der Waals surface area contributed by atoms with Crippen molar-refractivity contribution in [2.24, 2.45) is 5.73 Å². The number of hydrogen-bond acceptors (Lipinski definition) is 4. The van der Waals surface area contributed by atoms with Crippen molar-refractivity contribution in [2.45, 2.75) is 6.10 Å². The number of rotatable bonds is 4. The van der Waals surface area contributed by atoms with Gasteiger partial charge in [0.1, 0.15) is 6.10 Å². The molecule has 1 rings (SSSR count). The van der Waals surface area contributed by atoms with Crippen molar-refractivity contribution in [3.8, 4) is 6.07 Å². The van der Waals surface area contributed by atoms with Gasteiger partial charge in [-0.25, -0.2) is 0 Å². The van der Waals surface area contributed by atoms with Crippen molar-refractivity contribution in [3.05, 3.63) is 28.8 Å². The lowest BCUT2D eigenvalue weighted by molar-refractivity contribution is -0.125. The Bertz CT molecular complexity index is 453. The first kappa shape index (κ1) is 13.5. The summed E-state index contributed by atoms with van der Waals surface area (Å²) in [4.78, 5) is 11.6. The van der Waals surface area contributed by atoms with Crippen LogP contribution in [0.4, 0.5) is 5.69 Å². The molecule has 6 heteroatoms. The number of benzene rings is 1. The van der Waals surface area contributed by atoms with E-state index in [0.717, 1.165) is 0 Å². The van der Waals surface area contributed by atoms with Crippen molar-refractivity contribution in [3.63, 3.8) is 0 Å². The summed E-state index contributed by atoms with van der Waals surface area (Å²) in [6, 6.07) is 6.54. The van der Waals surface area contributed by atoms with E-state index in [1.54, 1.807) is 12.1 Å². The van der Waals surface area contributed by atoms with Crippen LogP contribution in [0.1, 0.15) is 5.56 Å². The molecule has 5 nitrogen and oxygen atoms in total. The number of halogens is 1. The highest BCUT2D eigenvalue weighted by molar-refractivity contribution is 6.33. The van der Waals surface area contributed by atoms with Crippen molar-refractivity contribution in [1.82, 2.24) is 0 Å². The minimum absolute atomic E-state index is 0.0796. The Morgan fingerprint density at radius 3 is 2.88 bits per heavy atom. The third-order valence-electron chi connectivity index (χ3n) is 2.15. The predicted molar refractivity (Wildman–Crippen MR) is 64.6 cm³/mol. The molecule has 0 saturated heterocycles. The van der Waals surface area contributed by atoms with Gasteiger partial charge in [-0.05, 0) is 18.2 Å². The molecule has 0 aliphatic rings. The van der Waals surface area contributed by atoms with Crippen molar-refractivity contribution in [1.29, 1.82) is 5.26 Å². The fraction of sp³-hybridized carbons (Fsp3) is 0.273. The normalized spacial score (nSPS) is 11.6. The van der Waals surface area contributed by atoms with E-state index in [0.29, 0.717) is 16.3 Å². The van der Waals surface area contributed by atoms with Gasteiger partial charge in [0, 0.05) is 13.7 Å². The molecule has 0 radical (unpaired) electrons. The number of hydrogen-bond donors (Lipinski definition) is 2. The molecule has 0 aliphatic carbocycles. The number of anilines is 1. The van der Waals surface area contributed by atoms with Crippen molar-refractivity contribution >= 4 is 23.2 Å². The number of amides is 1. The average molecular weight is 254 g/mol. The van der Waals surface area contributed by atoms with Gasteiger partial charge < -0.3 is 15.8 Å². The standard InChI is InChI=1S/C11H12ClN3O2/c1-17-10(6-14)11(16)15-9-3-2-7(5-13)4-8(9)12/h2-4,10H,6,14H2,1H3,(H,15,16). The SMILES string of the molecule is COC(CN)C(=O)Nc1ccc(C#N)cc1Cl. The number of nitrogens with one attached hydrogen (secondary N) is 1. The van der Waals surface area contributed by atoms with Crippen LogP contribution in [0.5, 0.6) is 0 Å². The van der Waals surface area contributed by atoms with Gasteiger partial charge >= 0.3 is 0 Å². The second kappa shape index (κ2) is 6.21. The highest BCUT2D eigenvalue weighted by Gasteiger charge is 2.16. The molecule has 0 aromatic heterocycles. The molecule has 0 aliphatic heterocycles. The molecule has 1 atom stereocenters. The number of carbonyl (C=O) groups excluding carboxylic acids is 1. The molecule has 0 spiro atoms. The van der Waals surface area contributed by atoms with Gasteiger partial charge in [0.25, 0.3) is 5.91 Å². The number of carbonyl (C=O) groups is 1. The first-order chi connectivity index (χ1) is 8.12. The zero-order chi connectivity index (χ0) is 12.8. The monoisotopic (exact) mass is 253 g/mol. The van der Waals surface area contributed by atoms with Crippen LogP contribution in [-0.2, 0) is 9.53 Å². The lowest BCUT2D eigenvalue weighted by Gasteiger charge is -2.13. The van der Waals surface area contributed by atoms with Crippen LogP contribution < -0.4 is 11.1 Å². The molecule has 0 saturated carbocycles. The van der Waals surface area contributed by atoms with E-state index >= 15 is 0 Å². The third kappa shape index (κ3) is 3.43. The third-order valence-corrected chi connectivity index (χ3v) is 2.46. The highest BCUT2D eigenvalue weighted by atomic mass is 35.5. The lowest BCUT2D eigenvalue weighted by Crippen LogP contribution is -2.35. The first-order valence-electron chi connectivity index (χ1n) is 4.85. The molecular weight excluding hydrogens is 242 g/mol. The fourth-order valence-corrected chi connectivity index (χ4v) is 1.44. The molecule has 1 aromatic rings. The van der Waals surface area contributed by atoms with E-state index in [2.05, 4.69) is 5.32 Å². The largest absolute Gasteiger partial charge is 0.370 e. The number of ether oxygens (including phenoxy) is 1. The molecular formula is C11H12ClN3O2. The molecule has 0 fully saturated rings. The van der Waals surface area contributed by atoms with Crippen molar-refractivity contribution < 1.29 is 9.53 Å². The first-order valence-corrected chi connectivity index (χ1v) is 5.23. The molecule has 0 bridgehead atoms.